The lowest BCUT2D eigenvalue weighted by Gasteiger charge is -2.32. The van der Waals surface area contributed by atoms with Crippen LogP contribution < -0.4 is 11.1 Å². The molecule has 9 heteroatoms. The van der Waals surface area contributed by atoms with Crippen molar-refractivity contribution < 1.29 is 14.7 Å². The van der Waals surface area contributed by atoms with E-state index in [1.807, 2.05) is 55.6 Å². The molecule has 4 rings (SSSR count). The minimum absolute atomic E-state index is 0.0263. The summed E-state index contributed by atoms with van der Waals surface area (Å²) in [6.45, 7) is 3.94. The summed E-state index contributed by atoms with van der Waals surface area (Å²) in [5.41, 5.74) is 10.4. The first-order chi connectivity index (χ1) is 17.1. The van der Waals surface area contributed by atoms with Crippen LogP contribution in [0.15, 0.2) is 47.2 Å². The first-order valence-corrected chi connectivity index (χ1v) is 13.1. The molecule has 1 aromatic carbocycles. The van der Waals surface area contributed by atoms with E-state index in [2.05, 4.69) is 20.9 Å². The van der Waals surface area contributed by atoms with Gasteiger partial charge < -0.3 is 21.1 Å². The highest BCUT2D eigenvalue weighted by Crippen LogP contribution is 2.34. The molecule has 190 valence electrons. The summed E-state index contributed by atoms with van der Waals surface area (Å²) in [6.07, 6.45) is 2.69. The van der Waals surface area contributed by atoms with Gasteiger partial charge in [-0.15, -0.1) is 10.2 Å². The normalized spacial score (nSPS) is 18.0. The lowest BCUT2D eigenvalue weighted by molar-refractivity contribution is -0.117. The van der Waals surface area contributed by atoms with Crippen molar-refractivity contribution in [2.45, 2.75) is 57.5 Å². The van der Waals surface area contributed by atoms with E-state index >= 15 is 0 Å². The molecule has 0 atom stereocenters. The molecular formula is C27H33N5O3S. The minimum atomic E-state index is -0.904. The second kappa shape index (κ2) is 10.8. The topological polar surface area (TPSA) is 121 Å². The Bertz CT molecular complexity index is 1200. The Morgan fingerprint density at radius 2 is 1.81 bits per heavy atom. The molecule has 3 aromatic rings. The molecule has 1 fully saturated rings. The lowest BCUT2D eigenvalue weighted by Crippen LogP contribution is -2.38. The van der Waals surface area contributed by atoms with Crippen LogP contribution in [0, 0.1) is 5.92 Å². The number of nitrogens with zero attached hydrogens (tertiary/aromatic N) is 3. The van der Waals surface area contributed by atoms with E-state index in [4.69, 9.17) is 5.73 Å². The number of carbonyl (C=O) groups excluding carboxylic acids is 1. The van der Waals surface area contributed by atoms with E-state index in [0.717, 1.165) is 53.6 Å². The summed E-state index contributed by atoms with van der Waals surface area (Å²) in [7, 11) is 1.61. The van der Waals surface area contributed by atoms with E-state index in [1.54, 1.807) is 18.4 Å². The number of benzene rings is 1. The number of rotatable bonds is 7. The maximum absolute atomic E-state index is 12.8. The van der Waals surface area contributed by atoms with E-state index in [9.17, 15) is 14.7 Å². The Hall–Kier alpha value is -3.30. The van der Waals surface area contributed by atoms with Crippen molar-refractivity contribution >= 4 is 29.2 Å². The highest BCUT2D eigenvalue weighted by molar-refractivity contribution is 7.08. The standard InChI is InChI=1S/C27H33N5O3S/c1-27(2,28)20-8-6-18(7-9-20)25-22(19-12-13-36-16-19)15-23(30-31-25)29-24(33)14-17-4-10-21(11-5-17)32(3)26(34)35/h6-9,12-13,15-17,21H,4-5,10-11,14,28H2,1-3H3,(H,34,35)(H,29,30,33)/t17-,21-. The van der Waals surface area contributed by atoms with Gasteiger partial charge in [-0.25, -0.2) is 4.79 Å². The van der Waals surface area contributed by atoms with E-state index < -0.39 is 11.6 Å². The average Bonchev–Trinajstić information content (AvgIpc) is 3.38. The van der Waals surface area contributed by atoms with Gasteiger partial charge in [-0.05, 0) is 79.5 Å². The second-order valence-electron chi connectivity index (χ2n) is 10.1. The third-order valence-electron chi connectivity index (χ3n) is 6.94. The molecule has 36 heavy (non-hydrogen) atoms. The molecule has 1 aliphatic carbocycles. The molecule has 1 aliphatic rings. The van der Waals surface area contributed by atoms with Crippen molar-refractivity contribution in [1.29, 1.82) is 0 Å². The van der Waals surface area contributed by atoms with Crippen molar-refractivity contribution in [3.63, 3.8) is 0 Å². The second-order valence-corrected chi connectivity index (χ2v) is 10.9. The summed E-state index contributed by atoms with van der Waals surface area (Å²) < 4.78 is 0. The number of amides is 2. The van der Waals surface area contributed by atoms with Gasteiger partial charge in [-0.2, -0.15) is 11.3 Å². The molecule has 0 spiro atoms. The first-order valence-electron chi connectivity index (χ1n) is 12.2. The minimum Gasteiger partial charge on any atom is -0.465 e. The smallest absolute Gasteiger partial charge is 0.407 e. The zero-order valence-electron chi connectivity index (χ0n) is 20.9. The molecule has 0 unspecified atom stereocenters. The average molecular weight is 508 g/mol. The quantitative estimate of drug-likeness (QED) is 0.385. The SMILES string of the molecule is CN(C(=O)O)[C@H]1CC[C@H](CC(=O)Nc2cc(-c3ccsc3)c(-c3ccc(C(C)(C)N)cc3)nn2)CC1. The molecule has 2 amide bonds. The maximum atomic E-state index is 12.8. The van der Waals surface area contributed by atoms with Gasteiger partial charge in [0.1, 0.15) is 5.69 Å². The Labute approximate surface area is 215 Å². The van der Waals surface area contributed by atoms with E-state index in [-0.39, 0.29) is 17.9 Å². The van der Waals surface area contributed by atoms with Crippen molar-refractivity contribution in [2.75, 3.05) is 12.4 Å². The van der Waals surface area contributed by atoms with Gasteiger partial charge in [0.2, 0.25) is 5.91 Å². The number of nitrogens with two attached hydrogens (primary N) is 1. The van der Waals surface area contributed by atoms with Crippen LogP contribution in [0.4, 0.5) is 10.6 Å². The zero-order valence-corrected chi connectivity index (χ0v) is 21.7. The largest absolute Gasteiger partial charge is 0.465 e. The van der Waals surface area contributed by atoms with Crippen LogP contribution in [0.2, 0.25) is 0 Å². The molecule has 0 radical (unpaired) electrons. The Morgan fingerprint density at radius 3 is 2.39 bits per heavy atom. The van der Waals surface area contributed by atoms with Gasteiger partial charge in [-0.1, -0.05) is 24.3 Å². The van der Waals surface area contributed by atoms with Gasteiger partial charge in [-0.3, -0.25) is 4.79 Å². The summed E-state index contributed by atoms with van der Waals surface area (Å²) in [4.78, 5) is 25.4. The zero-order chi connectivity index (χ0) is 25.9. The number of carboxylic acid groups (broad SMARTS) is 1. The van der Waals surface area contributed by atoms with Gasteiger partial charge >= 0.3 is 6.09 Å². The van der Waals surface area contributed by atoms with E-state index in [0.29, 0.717) is 12.2 Å². The molecule has 2 heterocycles. The molecule has 0 bridgehead atoms. The number of thiophene rings is 1. The molecule has 1 saturated carbocycles. The molecule has 4 N–H and O–H groups in total. The summed E-state index contributed by atoms with van der Waals surface area (Å²) in [5, 5.41) is 25.0. The number of aromatic nitrogens is 2. The Balaban J connectivity index is 1.47. The molecular weight excluding hydrogens is 474 g/mol. The van der Waals surface area contributed by atoms with Crippen LogP contribution >= 0.6 is 11.3 Å². The first kappa shape index (κ1) is 25.8. The fourth-order valence-corrected chi connectivity index (χ4v) is 5.37. The van der Waals surface area contributed by atoms with Crippen molar-refractivity contribution in [3.05, 3.63) is 52.7 Å². The van der Waals surface area contributed by atoms with Crippen LogP contribution in [0.1, 0.15) is 51.5 Å². The molecule has 8 nitrogen and oxygen atoms in total. The van der Waals surface area contributed by atoms with Gasteiger partial charge in [0.05, 0.1) is 0 Å². The van der Waals surface area contributed by atoms with Crippen molar-refractivity contribution in [3.8, 4) is 22.4 Å². The number of nitrogens with one attached hydrogen (secondary N) is 1. The summed E-state index contributed by atoms with van der Waals surface area (Å²) >= 11 is 1.60. The number of anilines is 1. The van der Waals surface area contributed by atoms with Crippen molar-refractivity contribution in [2.24, 2.45) is 11.7 Å². The maximum Gasteiger partial charge on any atom is 0.407 e. The van der Waals surface area contributed by atoms with Crippen LogP contribution in [-0.2, 0) is 10.3 Å². The van der Waals surface area contributed by atoms with Gasteiger partial charge in [0.25, 0.3) is 0 Å². The lowest BCUT2D eigenvalue weighted by atomic mass is 9.83. The Morgan fingerprint density at radius 1 is 1.11 bits per heavy atom. The number of hydrogen-bond acceptors (Lipinski definition) is 6. The van der Waals surface area contributed by atoms with Crippen LogP contribution in [0.3, 0.4) is 0 Å². The molecule has 2 aromatic heterocycles. The predicted octanol–water partition coefficient (Wildman–Crippen LogP) is 5.56. The number of carbonyl (C=O) groups is 2. The van der Waals surface area contributed by atoms with Gasteiger partial charge in [0, 0.05) is 36.2 Å². The fraction of sp³-hybridized carbons (Fsp3) is 0.407. The van der Waals surface area contributed by atoms with Gasteiger partial charge in [0.15, 0.2) is 5.82 Å². The number of hydrogen-bond donors (Lipinski definition) is 3. The highest BCUT2D eigenvalue weighted by atomic mass is 32.1. The summed E-state index contributed by atoms with van der Waals surface area (Å²) in [5.74, 6) is 0.555. The molecule has 0 aliphatic heterocycles. The monoisotopic (exact) mass is 507 g/mol. The predicted molar refractivity (Wildman–Crippen MR) is 143 cm³/mol. The van der Waals surface area contributed by atoms with Crippen LogP contribution in [-0.4, -0.2) is 45.3 Å². The van der Waals surface area contributed by atoms with Crippen molar-refractivity contribution in [1.82, 2.24) is 15.1 Å². The highest BCUT2D eigenvalue weighted by Gasteiger charge is 2.27. The molecule has 0 saturated heterocycles. The van der Waals surface area contributed by atoms with Crippen LogP contribution in [0.5, 0.6) is 0 Å². The fourth-order valence-electron chi connectivity index (χ4n) is 4.71. The Kier molecular flexibility index (Phi) is 7.70. The summed E-state index contributed by atoms with van der Waals surface area (Å²) in [6, 6.07) is 11.9. The van der Waals surface area contributed by atoms with Crippen LogP contribution in [0.25, 0.3) is 22.4 Å². The third kappa shape index (κ3) is 6.09. The third-order valence-corrected chi connectivity index (χ3v) is 7.62. The van der Waals surface area contributed by atoms with E-state index in [1.165, 1.54) is 4.90 Å².